The molecule has 2 nitrogen and oxygen atoms in total. The molecule has 0 radical (unpaired) electrons. The van der Waals surface area contributed by atoms with Gasteiger partial charge >= 0.3 is 6.18 Å². The zero-order valence-corrected chi connectivity index (χ0v) is 10.5. The highest BCUT2D eigenvalue weighted by Gasteiger charge is 2.33. The molecule has 1 aromatic carbocycles. The van der Waals surface area contributed by atoms with Crippen molar-refractivity contribution in [1.29, 1.82) is 0 Å². The van der Waals surface area contributed by atoms with Gasteiger partial charge in [0.2, 0.25) is 0 Å². The highest BCUT2D eigenvalue weighted by Crippen LogP contribution is 2.34. The Morgan fingerprint density at radius 1 is 1.22 bits per heavy atom. The van der Waals surface area contributed by atoms with Crippen LogP contribution in [0.25, 0.3) is 0 Å². The summed E-state index contributed by atoms with van der Waals surface area (Å²) in [6, 6.07) is 3.97. The van der Waals surface area contributed by atoms with Gasteiger partial charge in [0.15, 0.2) is 0 Å². The zero-order valence-electron chi connectivity index (χ0n) is 9.73. The van der Waals surface area contributed by atoms with Crippen LogP contribution in [0.3, 0.4) is 0 Å². The van der Waals surface area contributed by atoms with Crippen molar-refractivity contribution in [2.24, 2.45) is 0 Å². The molecule has 6 heteroatoms. The fourth-order valence-electron chi connectivity index (χ4n) is 2.06. The van der Waals surface area contributed by atoms with Gasteiger partial charge in [0.05, 0.1) is 5.56 Å². The van der Waals surface area contributed by atoms with Gasteiger partial charge in [-0.2, -0.15) is 13.2 Å². The smallest absolute Gasteiger partial charge is 0.314 e. The molecule has 0 spiro atoms. The molecule has 1 aliphatic rings. The van der Waals surface area contributed by atoms with E-state index in [2.05, 4.69) is 5.32 Å². The second-order valence-electron chi connectivity index (χ2n) is 4.33. The van der Waals surface area contributed by atoms with Crippen LogP contribution in [0.5, 0.6) is 0 Å². The van der Waals surface area contributed by atoms with Gasteiger partial charge < -0.3 is 5.32 Å². The van der Waals surface area contributed by atoms with Crippen molar-refractivity contribution < 1.29 is 13.2 Å². The lowest BCUT2D eigenvalue weighted by Crippen LogP contribution is -2.43. The third-order valence-corrected chi connectivity index (χ3v) is 3.22. The minimum absolute atomic E-state index is 0.117. The predicted octanol–water partition coefficient (Wildman–Crippen LogP) is 2.76. The van der Waals surface area contributed by atoms with Crippen molar-refractivity contribution in [2.75, 3.05) is 26.2 Å². The van der Waals surface area contributed by atoms with E-state index in [1.165, 1.54) is 12.1 Å². The van der Waals surface area contributed by atoms with E-state index in [1.54, 1.807) is 0 Å². The van der Waals surface area contributed by atoms with E-state index in [0.717, 1.165) is 32.2 Å². The largest absolute Gasteiger partial charge is 0.416 e. The van der Waals surface area contributed by atoms with Gasteiger partial charge in [-0.05, 0) is 17.7 Å². The van der Waals surface area contributed by atoms with Gasteiger partial charge in [0.25, 0.3) is 0 Å². The summed E-state index contributed by atoms with van der Waals surface area (Å²) in [4.78, 5) is 2.01. The average molecular weight is 279 g/mol. The van der Waals surface area contributed by atoms with Crippen molar-refractivity contribution >= 4 is 11.6 Å². The van der Waals surface area contributed by atoms with E-state index in [4.69, 9.17) is 11.6 Å². The van der Waals surface area contributed by atoms with Crippen LogP contribution >= 0.6 is 11.6 Å². The number of nitrogens with one attached hydrogen (secondary N) is 1. The molecular weight excluding hydrogens is 265 g/mol. The molecule has 0 amide bonds. The molecule has 1 fully saturated rings. The number of benzene rings is 1. The molecular formula is C12H14ClF3N2. The fourth-order valence-corrected chi connectivity index (χ4v) is 2.23. The van der Waals surface area contributed by atoms with Crippen LogP contribution in [0, 0.1) is 0 Å². The molecule has 1 N–H and O–H groups in total. The highest BCUT2D eigenvalue weighted by atomic mass is 35.5. The van der Waals surface area contributed by atoms with Crippen LogP contribution in [-0.2, 0) is 12.7 Å². The topological polar surface area (TPSA) is 15.3 Å². The molecule has 0 bridgehead atoms. The molecule has 0 saturated carbocycles. The summed E-state index contributed by atoms with van der Waals surface area (Å²) in [6.45, 7) is 3.47. The van der Waals surface area contributed by atoms with Gasteiger partial charge in [-0.1, -0.05) is 17.7 Å². The molecule has 0 unspecified atom stereocenters. The minimum Gasteiger partial charge on any atom is -0.314 e. The number of nitrogens with zero attached hydrogens (tertiary/aromatic N) is 1. The van der Waals surface area contributed by atoms with Crippen molar-refractivity contribution in [3.8, 4) is 0 Å². The first-order chi connectivity index (χ1) is 8.47. The number of hydrogen-bond acceptors (Lipinski definition) is 2. The van der Waals surface area contributed by atoms with Crippen LogP contribution in [0.4, 0.5) is 13.2 Å². The van der Waals surface area contributed by atoms with Gasteiger partial charge in [-0.3, -0.25) is 4.90 Å². The Bertz CT molecular complexity index is 414. The van der Waals surface area contributed by atoms with E-state index in [9.17, 15) is 13.2 Å². The summed E-state index contributed by atoms with van der Waals surface area (Å²) in [7, 11) is 0. The first-order valence-electron chi connectivity index (χ1n) is 5.75. The Morgan fingerprint density at radius 3 is 2.50 bits per heavy atom. The lowest BCUT2D eigenvalue weighted by Gasteiger charge is -2.28. The normalized spacial score (nSPS) is 18.0. The quantitative estimate of drug-likeness (QED) is 0.895. The lowest BCUT2D eigenvalue weighted by molar-refractivity contribution is -0.138. The Kier molecular flexibility index (Phi) is 4.14. The Labute approximate surface area is 109 Å². The van der Waals surface area contributed by atoms with E-state index in [0.29, 0.717) is 6.54 Å². The van der Waals surface area contributed by atoms with Crippen molar-refractivity contribution in [3.63, 3.8) is 0 Å². The predicted molar refractivity (Wildman–Crippen MR) is 64.6 cm³/mol. The maximum Gasteiger partial charge on any atom is 0.416 e. The second-order valence-corrected chi connectivity index (χ2v) is 4.76. The molecule has 1 heterocycles. The summed E-state index contributed by atoms with van der Waals surface area (Å²) < 4.78 is 38.7. The molecule has 0 aromatic heterocycles. The number of piperazine rings is 1. The van der Waals surface area contributed by atoms with E-state index >= 15 is 0 Å². The first-order valence-corrected chi connectivity index (χ1v) is 6.13. The molecule has 18 heavy (non-hydrogen) atoms. The minimum atomic E-state index is -4.35. The molecule has 1 saturated heterocycles. The van der Waals surface area contributed by atoms with E-state index in [1.807, 2.05) is 4.90 Å². The first kappa shape index (κ1) is 13.6. The van der Waals surface area contributed by atoms with Gasteiger partial charge in [0.1, 0.15) is 0 Å². The summed E-state index contributed by atoms with van der Waals surface area (Å²) in [5.41, 5.74) is -0.345. The van der Waals surface area contributed by atoms with Crippen LogP contribution in [0.1, 0.15) is 11.1 Å². The number of rotatable bonds is 2. The molecule has 0 atom stereocenters. The molecule has 2 rings (SSSR count). The Morgan fingerprint density at radius 2 is 1.89 bits per heavy atom. The lowest BCUT2D eigenvalue weighted by atomic mass is 10.1. The maximum absolute atomic E-state index is 12.9. The van der Waals surface area contributed by atoms with Gasteiger partial charge in [-0.25, -0.2) is 0 Å². The summed E-state index contributed by atoms with van der Waals surface area (Å²) in [6.07, 6.45) is -4.35. The Balaban J connectivity index is 2.21. The van der Waals surface area contributed by atoms with Crippen molar-refractivity contribution in [2.45, 2.75) is 12.7 Å². The molecule has 0 aliphatic carbocycles. The fraction of sp³-hybridized carbons (Fsp3) is 0.500. The summed E-state index contributed by atoms with van der Waals surface area (Å²) >= 11 is 5.64. The standard InChI is InChI=1S/C12H14ClF3N2/c13-10-2-1-9(11(7-10)12(14,15)16)8-18-5-3-17-4-6-18/h1-2,7,17H,3-6,8H2. The van der Waals surface area contributed by atoms with E-state index in [-0.39, 0.29) is 10.6 Å². The monoisotopic (exact) mass is 278 g/mol. The Hall–Kier alpha value is -0.780. The van der Waals surface area contributed by atoms with Gasteiger partial charge in [0, 0.05) is 37.7 Å². The van der Waals surface area contributed by atoms with Gasteiger partial charge in [-0.15, -0.1) is 0 Å². The van der Waals surface area contributed by atoms with Crippen molar-refractivity contribution in [3.05, 3.63) is 34.3 Å². The summed E-state index contributed by atoms with van der Waals surface area (Å²) in [5, 5.41) is 3.29. The number of hydrogen-bond donors (Lipinski definition) is 1. The molecule has 100 valence electrons. The van der Waals surface area contributed by atoms with E-state index < -0.39 is 11.7 Å². The van der Waals surface area contributed by atoms with Crippen LogP contribution in [0.2, 0.25) is 5.02 Å². The third kappa shape index (κ3) is 3.37. The SMILES string of the molecule is FC(F)(F)c1cc(Cl)ccc1CN1CCNCC1. The summed E-state index contributed by atoms with van der Waals surface area (Å²) in [5.74, 6) is 0. The number of halogens is 4. The third-order valence-electron chi connectivity index (χ3n) is 2.98. The van der Waals surface area contributed by atoms with Crippen LogP contribution in [0.15, 0.2) is 18.2 Å². The second kappa shape index (κ2) is 5.47. The molecule has 1 aromatic rings. The van der Waals surface area contributed by atoms with Crippen molar-refractivity contribution in [1.82, 2.24) is 10.2 Å². The van der Waals surface area contributed by atoms with Crippen LogP contribution < -0.4 is 5.32 Å². The highest BCUT2D eigenvalue weighted by molar-refractivity contribution is 6.30. The number of alkyl halides is 3. The average Bonchev–Trinajstić information content (AvgIpc) is 2.31. The maximum atomic E-state index is 12.9. The van der Waals surface area contributed by atoms with Crippen LogP contribution in [-0.4, -0.2) is 31.1 Å². The zero-order chi connectivity index (χ0) is 13.2. The molecule has 1 aliphatic heterocycles.